The Kier molecular flexibility index (Phi) is 32.2. The first-order valence-corrected chi connectivity index (χ1v) is 44.4. The molecule has 5 aromatic carbocycles. The van der Waals surface area contributed by atoms with Gasteiger partial charge in [-0.05, 0) is 185 Å². The van der Waals surface area contributed by atoms with E-state index >= 15 is 8.78 Å². The van der Waals surface area contributed by atoms with Crippen LogP contribution in [0.1, 0.15) is 114 Å². The number of halogens is 8. The Labute approximate surface area is 792 Å². The van der Waals surface area contributed by atoms with Crippen LogP contribution in [0, 0.1) is 69.0 Å². The zero-order valence-corrected chi connectivity index (χ0v) is 74.1. The van der Waals surface area contributed by atoms with Gasteiger partial charge in [0.05, 0.1) is 78.7 Å². The molecule has 4 unspecified atom stereocenters. The summed E-state index contributed by atoms with van der Waals surface area (Å²) >= 11 is 0. The Bertz CT molecular complexity index is 6050. The minimum Gasteiger partial charge on any atom is -0.483 e. The second-order valence-corrected chi connectivity index (χ2v) is 34.4. The van der Waals surface area contributed by atoms with Gasteiger partial charge < -0.3 is 80.2 Å². The van der Waals surface area contributed by atoms with Crippen molar-refractivity contribution in [3.8, 4) is 92.2 Å². The number of hydrogen-bond acceptors (Lipinski definition) is 25. The molecule has 0 radical (unpaired) electrons. The van der Waals surface area contributed by atoms with Crippen LogP contribution in [-0.2, 0) is 38.4 Å². The summed E-state index contributed by atoms with van der Waals surface area (Å²) in [6.07, 6.45) is 3.21. The highest BCUT2D eigenvalue weighted by molar-refractivity contribution is 6.42. The number of aliphatic hydroxyl groups excluding tert-OH is 4. The number of amidine groups is 1. The lowest BCUT2D eigenvalue weighted by Crippen LogP contribution is -2.57. The summed E-state index contributed by atoms with van der Waals surface area (Å²) in [5, 5.41) is 86.0. The van der Waals surface area contributed by atoms with Crippen molar-refractivity contribution in [2.75, 3.05) is 100.0 Å². The lowest BCUT2D eigenvalue weighted by Gasteiger charge is -2.38. The Morgan fingerprint density at radius 3 is 1.02 bits per heavy atom. The summed E-state index contributed by atoms with van der Waals surface area (Å²) in [6.45, 7) is -4.26. The van der Waals surface area contributed by atoms with Crippen LogP contribution in [0.25, 0.3) is 44.9 Å². The average molecular weight is 1920 g/mol. The van der Waals surface area contributed by atoms with Gasteiger partial charge in [0.2, 0.25) is 35.4 Å². The fraction of sp³-hybridized carbons (Fsp3) is 0.398. The van der Waals surface area contributed by atoms with Crippen molar-refractivity contribution in [1.29, 1.82) is 21.0 Å². The fourth-order valence-corrected chi connectivity index (χ4v) is 15.6. The lowest BCUT2D eigenvalue weighted by molar-refractivity contribution is -0.167. The van der Waals surface area contributed by atoms with E-state index in [1.165, 1.54) is 54.9 Å². The van der Waals surface area contributed by atoms with Gasteiger partial charge in [0.25, 0.3) is 11.8 Å². The van der Waals surface area contributed by atoms with Crippen LogP contribution >= 0.6 is 0 Å². The SMILES string of the molecule is C.CC1=NCC(C(=O)N2CCC(Oc3ccc(-c4cc(NC(=O)C5CC5)ccn4)cc3C#N)C(F)(F)C2)=N1.N#Cc1cc(-c2cc(NC(=O)C3CC3)ccn2)ccc1OC1CCN(C(=O)CO)CC1(F)F.N#Cc1cc(-c2cc(NC(=O)C3CC3)ccn2)ccc1OC1CCN(C(=O)[C@@H](O)CO)CC1(F)F.N#Cc1cc(-c2cccc(NC(=O)C3CC3)c2)ccc1OC1CCN(C(=O)CO)CC1(F)F. The van der Waals surface area contributed by atoms with Gasteiger partial charge in [-0.3, -0.25) is 58.3 Å². The van der Waals surface area contributed by atoms with Crippen molar-refractivity contribution in [3.05, 3.63) is 174 Å². The molecule has 8 heterocycles. The molecule has 5 aliphatic heterocycles. The van der Waals surface area contributed by atoms with Crippen LogP contribution in [0.3, 0.4) is 0 Å². The monoisotopic (exact) mass is 1920 g/mol. The summed E-state index contributed by atoms with van der Waals surface area (Å²) in [6, 6.07) is 43.4. The number of ether oxygens (including phenoxy) is 4. The van der Waals surface area contributed by atoms with E-state index in [4.69, 9.17) is 34.3 Å². The second kappa shape index (κ2) is 44.0. The van der Waals surface area contributed by atoms with Gasteiger partial charge >= 0.3 is 23.7 Å². The average Bonchev–Trinajstić information content (AvgIpc) is 1.80. The third-order valence-electron chi connectivity index (χ3n) is 23.9. The van der Waals surface area contributed by atoms with Crippen LogP contribution in [0.2, 0.25) is 0 Å². The number of aliphatic imine (C=N–C) groups is 2. The first-order chi connectivity index (χ1) is 66.0. The van der Waals surface area contributed by atoms with Gasteiger partial charge in [0.15, 0.2) is 30.5 Å². The first-order valence-electron chi connectivity index (χ1n) is 44.4. The molecule has 8 fully saturated rings. The first kappa shape index (κ1) is 102. The summed E-state index contributed by atoms with van der Waals surface area (Å²) in [5.41, 5.74) is 7.44. The predicted octanol–water partition coefficient (Wildman–Crippen LogP) is 11.8. The quantitative estimate of drug-likeness (QED) is 0.0246. The topological polar surface area (TPSA) is 474 Å². The van der Waals surface area contributed by atoms with E-state index in [-0.39, 0.29) is 164 Å². The van der Waals surface area contributed by atoms with Crippen LogP contribution in [0.5, 0.6) is 23.0 Å². The zero-order chi connectivity index (χ0) is 98.5. The Balaban J connectivity index is 0.000000156. The molecule has 139 heavy (non-hydrogen) atoms. The molecule has 8 aromatic rings. The van der Waals surface area contributed by atoms with Crippen molar-refractivity contribution in [3.63, 3.8) is 0 Å². The van der Waals surface area contributed by atoms with Crippen molar-refractivity contribution in [1.82, 2.24) is 34.6 Å². The smallest absolute Gasteiger partial charge is 0.301 e. The van der Waals surface area contributed by atoms with Gasteiger partial charge in [-0.1, -0.05) is 25.6 Å². The van der Waals surface area contributed by atoms with Gasteiger partial charge in [0, 0.05) is 134 Å². The number of anilines is 4. The number of nitrogens with one attached hydrogen (secondary N) is 4. The number of piperidine rings is 4. The van der Waals surface area contributed by atoms with Crippen molar-refractivity contribution < 1.29 is 113 Å². The van der Waals surface area contributed by atoms with Crippen LogP contribution in [-0.4, -0.2) is 247 Å². The third-order valence-corrected chi connectivity index (χ3v) is 23.9. The van der Waals surface area contributed by atoms with Gasteiger partial charge in [-0.15, -0.1) is 0 Å². The zero-order valence-electron chi connectivity index (χ0n) is 74.1. The Morgan fingerprint density at radius 1 is 0.410 bits per heavy atom. The van der Waals surface area contributed by atoms with E-state index in [0.29, 0.717) is 67.9 Å². The second-order valence-electron chi connectivity index (χ2n) is 34.4. The fourth-order valence-electron chi connectivity index (χ4n) is 15.6. The number of aromatic nitrogens is 3. The Hall–Kier alpha value is -14.9. The minimum absolute atomic E-state index is 0. The van der Waals surface area contributed by atoms with Crippen molar-refractivity contribution in [2.24, 2.45) is 33.7 Å². The van der Waals surface area contributed by atoms with E-state index in [2.05, 4.69) is 46.2 Å². The number of benzene rings is 5. The van der Waals surface area contributed by atoms with E-state index in [0.717, 1.165) is 76.5 Å². The molecule has 5 atom stereocenters. The van der Waals surface area contributed by atoms with Crippen LogP contribution in [0.15, 0.2) is 162 Å². The number of rotatable bonds is 25. The molecule has 8 amide bonds. The summed E-state index contributed by atoms with van der Waals surface area (Å²) in [5.74, 6) is -15.9. The number of nitriles is 4. The number of nitrogens with zero attached hydrogens (tertiary/aromatic N) is 13. The molecule has 9 aliphatic rings. The molecular weight excluding hydrogens is 1820 g/mol. The molecule has 33 nitrogen and oxygen atoms in total. The highest BCUT2D eigenvalue weighted by atomic mass is 19.3. The summed E-state index contributed by atoms with van der Waals surface area (Å²) in [4.78, 5) is 120. The molecule has 41 heteroatoms. The number of pyridine rings is 3. The van der Waals surface area contributed by atoms with E-state index in [1.807, 2.05) is 30.3 Å². The van der Waals surface area contributed by atoms with Gasteiger partial charge in [-0.25, -0.2) is 40.1 Å². The van der Waals surface area contributed by atoms with Crippen LogP contribution < -0.4 is 40.2 Å². The molecule has 0 spiro atoms. The standard InChI is InChI=1S/C26H24F2N6O3.C24H24F2N4O5.C24H23F2N3O4.C23H22F2N4O4.CH4/c1-15-31-13-21(32-15)25(36)34-9-7-23(26(27,28)14-34)37-22-5-4-17(10-18(22)12-29)20-11-19(6-8-30-20)33-24(35)16-2-3-16;25-24(26)13-30(23(34)19(32)12-31)8-6-21(24)35-20-4-3-15(9-16(20)11-27)18-10-17(5-7-28-18)29-22(33)14-1-2-14;25-24(26)14-29(22(31)13-30)9-8-21(24)33-20-7-6-17(10-18(20)12-27)16-2-1-3-19(11-16)28-23(32)15-4-5-15;24-23(25)13-29(21(31)12-30)8-6-20(23)33-19-4-3-15(9-16(19)11-26)18-10-17(5-7-27-18)28-22(32)14-1-2-14;/h4-6,8,10-11,16,23H,2-3,7,9,13-14H2,1H3,(H,30,33,35);3-5,7,9-10,14,19,21,31-32H,1-2,6,8,12-13H2,(H,28,29,33);1-3,6-7,10-11,15,21,30H,4-5,8-9,13-14H2,(H,28,32);3-5,7,9-10,14,20,30H,1-2,6,8,12-13H2,(H,27,28,32);1H4/t;19-,21?;;;/m.0.../s1. The van der Waals surface area contributed by atoms with E-state index < -0.39 is 124 Å². The molecular formula is C98H97F8N17O16. The van der Waals surface area contributed by atoms with Gasteiger partial charge in [-0.2, -0.15) is 21.0 Å². The summed E-state index contributed by atoms with van der Waals surface area (Å²) in [7, 11) is 0. The number of aliphatic hydroxyl groups is 4. The number of alkyl halides is 8. The number of amides is 8. The molecule has 0 bridgehead atoms. The largest absolute Gasteiger partial charge is 0.483 e. The molecule has 4 aliphatic carbocycles. The maximum Gasteiger partial charge on any atom is 0.301 e. The lowest BCUT2D eigenvalue weighted by atomic mass is 10.0. The minimum atomic E-state index is -3.44. The van der Waals surface area contributed by atoms with E-state index in [1.54, 1.807) is 98.0 Å². The Morgan fingerprint density at radius 2 is 0.712 bits per heavy atom. The highest BCUT2D eigenvalue weighted by Crippen LogP contribution is 2.43. The predicted molar refractivity (Wildman–Crippen MR) is 487 cm³/mol. The van der Waals surface area contributed by atoms with Gasteiger partial charge in [0.1, 0.15) is 72.0 Å². The van der Waals surface area contributed by atoms with Crippen molar-refractivity contribution >= 4 is 81.6 Å². The maximum absolute atomic E-state index is 15.0. The van der Waals surface area contributed by atoms with Crippen molar-refractivity contribution in [2.45, 2.75) is 146 Å². The normalized spacial score (nSPS) is 19.7. The molecule has 17 rings (SSSR count). The molecule has 726 valence electrons. The molecule has 8 N–H and O–H groups in total. The third kappa shape index (κ3) is 25.9. The highest BCUT2D eigenvalue weighted by Gasteiger charge is 2.53. The molecule has 4 saturated heterocycles. The number of hydrogen-bond donors (Lipinski definition) is 8. The maximum atomic E-state index is 15.0. The van der Waals surface area contributed by atoms with Crippen LogP contribution in [0.4, 0.5) is 57.9 Å². The number of carbonyl (C=O) groups is 8. The molecule has 3 aromatic heterocycles. The van der Waals surface area contributed by atoms with E-state index in [9.17, 15) is 90.9 Å². The number of likely N-dealkylation sites (tertiary alicyclic amines) is 4. The number of carbonyl (C=O) groups excluding carboxylic acids is 8. The summed E-state index contributed by atoms with van der Waals surface area (Å²) < 4.78 is 140. The molecule has 4 saturated carbocycles.